The number of alkyl halides is 2. The highest BCUT2D eigenvalue weighted by atomic mass is 19.3. The molecule has 0 aliphatic rings. The zero-order valence-electron chi connectivity index (χ0n) is 8.27. The number of carbonyl (C=O) groups excluding carboxylic acids is 1. The van der Waals surface area contributed by atoms with Gasteiger partial charge in [0.05, 0.1) is 2.74 Å². The average Bonchev–Trinajstić information content (AvgIpc) is 2.20. The molecule has 0 fully saturated rings. The van der Waals surface area contributed by atoms with Crippen LogP contribution in [0.4, 0.5) is 13.3 Å². The summed E-state index contributed by atoms with van der Waals surface area (Å²) in [5.41, 5.74) is -0.678. The van der Waals surface area contributed by atoms with Crippen LogP contribution in [0.3, 0.4) is 0 Å². The number of amides is 1. The predicted molar refractivity (Wildman–Crippen MR) is 39.6 cm³/mol. The first-order valence-corrected chi connectivity index (χ1v) is 3.27. The third-order valence-electron chi connectivity index (χ3n) is 1.36. The lowest BCUT2D eigenvalue weighted by Gasteiger charge is -2.12. The Labute approximate surface area is 75.1 Å². The van der Waals surface area contributed by atoms with E-state index in [-0.39, 0.29) is 0 Å². The number of halogens is 3. The Morgan fingerprint density at radius 2 is 2.23 bits per heavy atom. The van der Waals surface area contributed by atoms with Crippen LogP contribution in [0.15, 0.2) is 30.3 Å². The molecule has 0 radical (unpaired) electrons. The van der Waals surface area contributed by atoms with Crippen molar-refractivity contribution in [3.63, 3.8) is 0 Å². The Hall–Kier alpha value is -1.52. The van der Waals surface area contributed by atoms with E-state index in [0.717, 1.165) is 18.2 Å². The highest BCUT2D eigenvalue weighted by Crippen LogP contribution is 2.27. The first-order valence-electron chi connectivity index (χ1n) is 4.27. The molecule has 0 aliphatic heterocycles. The largest absolute Gasteiger partial charge is 0.352 e. The van der Waals surface area contributed by atoms with Crippen molar-refractivity contribution in [2.24, 2.45) is 0 Å². The van der Waals surface area contributed by atoms with Gasteiger partial charge in [0.1, 0.15) is 0 Å². The molecule has 0 saturated carbocycles. The van der Waals surface area contributed by atoms with Gasteiger partial charge in [-0.25, -0.2) is 0 Å². The lowest BCUT2D eigenvalue weighted by Crippen LogP contribution is -2.33. The van der Waals surface area contributed by atoms with E-state index in [2.05, 4.69) is 0 Å². The Kier molecular flexibility index (Phi) is 1.85. The van der Waals surface area contributed by atoms with Crippen LogP contribution >= 0.6 is 0 Å². The van der Waals surface area contributed by atoms with Crippen molar-refractivity contribution < 1.29 is 20.8 Å². The lowest BCUT2D eigenvalue weighted by molar-refractivity contribution is -0.151. The Balaban J connectivity index is 3.27. The Bertz CT molecular complexity index is 397. The van der Waals surface area contributed by atoms with Crippen LogP contribution in [-0.4, -0.2) is 5.91 Å². The van der Waals surface area contributed by atoms with Crippen LogP contribution in [0.2, 0.25) is 0 Å². The van der Waals surface area contributed by atoms with Crippen molar-refractivity contribution in [1.29, 1.82) is 0 Å². The van der Waals surface area contributed by atoms with Gasteiger partial charge in [0, 0.05) is 5.56 Å². The third-order valence-corrected chi connectivity index (χ3v) is 1.36. The highest BCUT2D eigenvalue weighted by molar-refractivity contribution is 5.83. The zero-order valence-corrected chi connectivity index (χ0v) is 6.27. The van der Waals surface area contributed by atoms with Crippen LogP contribution in [0, 0.1) is 0 Å². The molecule has 1 aromatic rings. The first kappa shape index (κ1) is 6.94. The summed E-state index contributed by atoms with van der Waals surface area (Å²) in [6.07, 6.45) is 0. The molecular weight excluding hydrogens is 183 g/mol. The third kappa shape index (κ3) is 1.80. The normalized spacial score (nSPS) is 13.2. The fourth-order valence-corrected chi connectivity index (χ4v) is 0.718. The smallest absolute Gasteiger partial charge is 0.265 e. The number of rotatable bonds is 2. The van der Waals surface area contributed by atoms with Gasteiger partial charge in [-0.3, -0.25) is 4.79 Å². The molecule has 1 N–H and O–H groups in total. The molecule has 5 heteroatoms. The first-order chi connectivity index (χ1) is 6.91. The summed E-state index contributed by atoms with van der Waals surface area (Å²) < 4.78 is 52.1. The Morgan fingerprint density at radius 3 is 2.85 bits per heavy atom. The number of nitrogens with one attached hydrogen (secondary N) is 1. The molecule has 0 atom stereocenters. The predicted octanol–water partition coefficient (Wildman–Crippen LogP) is 1.78. The second-order valence-electron chi connectivity index (χ2n) is 2.21. The number of carbonyl (C=O) groups is 1. The van der Waals surface area contributed by atoms with Crippen molar-refractivity contribution in [3.05, 3.63) is 35.8 Å². The van der Waals surface area contributed by atoms with E-state index in [9.17, 15) is 18.1 Å². The maximum absolute atomic E-state index is 13.1. The molecule has 1 aromatic carbocycles. The van der Waals surface area contributed by atoms with E-state index in [1.54, 1.807) is 0 Å². The minimum atomic E-state index is -4.15. The molecular formula is C8H6F3NO. The number of benzene rings is 1. The molecule has 0 aliphatic carbocycles. The minimum Gasteiger partial charge on any atom is -0.265 e. The summed E-state index contributed by atoms with van der Waals surface area (Å²) in [7, 11) is 0. The molecule has 0 heterocycles. The molecule has 1 rings (SSSR count). The fraction of sp³-hybridized carbons (Fsp3) is 0.125. The van der Waals surface area contributed by atoms with Gasteiger partial charge >= 0.3 is 11.8 Å². The standard InChI is InChI=1S/C8H6F3NO/c9-8(10,7(13)12-11)6-4-2-1-3-5-6/h1-5H,(H,12,13)/i2D,4D. The lowest BCUT2D eigenvalue weighted by atomic mass is 10.1. The van der Waals surface area contributed by atoms with Gasteiger partial charge < -0.3 is 0 Å². The van der Waals surface area contributed by atoms with E-state index in [4.69, 9.17) is 2.74 Å². The van der Waals surface area contributed by atoms with Gasteiger partial charge in [0.2, 0.25) is 0 Å². The molecule has 0 aromatic heterocycles. The molecule has 0 saturated heterocycles. The maximum Gasteiger partial charge on any atom is 0.352 e. The van der Waals surface area contributed by atoms with Gasteiger partial charge in [-0.2, -0.15) is 14.3 Å². The van der Waals surface area contributed by atoms with Crippen LogP contribution in [0.25, 0.3) is 0 Å². The number of hydrogen-bond acceptors (Lipinski definition) is 1. The summed E-state index contributed by atoms with van der Waals surface area (Å²) in [5, 5.41) is 0. The average molecular weight is 191 g/mol. The van der Waals surface area contributed by atoms with Crippen LogP contribution < -0.4 is 5.54 Å². The second-order valence-corrected chi connectivity index (χ2v) is 2.21. The van der Waals surface area contributed by atoms with Crippen LogP contribution in [-0.2, 0) is 10.7 Å². The van der Waals surface area contributed by atoms with Crippen molar-refractivity contribution in [2.75, 3.05) is 0 Å². The van der Waals surface area contributed by atoms with Crippen LogP contribution in [0.1, 0.15) is 8.30 Å². The Morgan fingerprint density at radius 1 is 1.54 bits per heavy atom. The van der Waals surface area contributed by atoms with E-state index < -0.39 is 29.5 Å². The monoisotopic (exact) mass is 191 g/mol. The quantitative estimate of drug-likeness (QED) is 0.709. The zero-order chi connectivity index (χ0) is 11.6. The molecule has 0 unspecified atom stereocenters. The van der Waals surface area contributed by atoms with Gasteiger partial charge in [0.25, 0.3) is 0 Å². The second kappa shape index (κ2) is 3.47. The highest BCUT2D eigenvalue weighted by Gasteiger charge is 2.40. The molecule has 0 spiro atoms. The van der Waals surface area contributed by atoms with Gasteiger partial charge in [0.15, 0.2) is 0 Å². The topological polar surface area (TPSA) is 29.1 Å². The van der Waals surface area contributed by atoms with Crippen molar-refractivity contribution >= 4 is 5.91 Å². The summed E-state index contributed by atoms with van der Waals surface area (Å²) in [6.45, 7) is 0. The van der Waals surface area contributed by atoms with Gasteiger partial charge in [-0.1, -0.05) is 30.3 Å². The van der Waals surface area contributed by atoms with Crippen LogP contribution in [0.5, 0.6) is 0 Å². The molecule has 2 nitrogen and oxygen atoms in total. The van der Waals surface area contributed by atoms with Gasteiger partial charge in [-0.15, -0.1) is 4.48 Å². The van der Waals surface area contributed by atoms with E-state index in [1.165, 1.54) is 0 Å². The molecule has 70 valence electrons. The summed E-state index contributed by atoms with van der Waals surface area (Å²) in [5.74, 6) is -6.30. The summed E-state index contributed by atoms with van der Waals surface area (Å²) in [4.78, 5) is 10.5. The molecule has 13 heavy (non-hydrogen) atoms. The van der Waals surface area contributed by atoms with E-state index in [0.29, 0.717) is 5.54 Å². The summed E-state index contributed by atoms with van der Waals surface area (Å²) in [6, 6.07) is 1.75. The van der Waals surface area contributed by atoms with E-state index in [1.807, 2.05) is 0 Å². The SMILES string of the molecule is [2H]c1cccc(C(F)(F)C(=O)NF)c1[2H]. The number of hydrogen-bond donors (Lipinski definition) is 1. The summed E-state index contributed by atoms with van der Waals surface area (Å²) >= 11 is 0. The van der Waals surface area contributed by atoms with Crippen molar-refractivity contribution in [1.82, 2.24) is 5.54 Å². The fourth-order valence-electron chi connectivity index (χ4n) is 0.718. The molecule has 1 amide bonds. The van der Waals surface area contributed by atoms with Crippen molar-refractivity contribution in [2.45, 2.75) is 5.92 Å². The maximum atomic E-state index is 13.1. The van der Waals surface area contributed by atoms with E-state index >= 15 is 0 Å². The van der Waals surface area contributed by atoms with Gasteiger partial charge in [-0.05, 0) is 0 Å². The van der Waals surface area contributed by atoms with Crippen molar-refractivity contribution in [3.8, 4) is 0 Å². The molecule has 0 bridgehead atoms. The minimum absolute atomic E-state index is 0.317.